The average molecular weight is 526 g/mol. The van der Waals surface area contributed by atoms with E-state index in [0.717, 1.165) is 61.4 Å². The minimum Gasteiger partial charge on any atom is -0.381 e. The summed E-state index contributed by atoms with van der Waals surface area (Å²) in [6.45, 7) is 1.63. The molecule has 2 aromatic heterocycles. The Labute approximate surface area is 229 Å². The maximum absolute atomic E-state index is 13.3. The molecule has 1 saturated heterocycles. The number of Topliss-reactive ketones (excluding diaryl/α,β-unsaturated/α-hetero) is 1. The number of aromatic nitrogens is 4. The molecular weight excluding hydrogens is 490 g/mol. The van der Waals surface area contributed by atoms with Crippen LogP contribution in [0.25, 0.3) is 16.8 Å². The monoisotopic (exact) mass is 525 g/mol. The molecule has 8 heteroatoms. The van der Waals surface area contributed by atoms with Crippen LogP contribution in [0.15, 0.2) is 73.2 Å². The number of anilines is 1. The molecule has 2 aromatic carbocycles. The first-order valence-corrected chi connectivity index (χ1v) is 13.7. The Balaban J connectivity index is 1.24. The van der Waals surface area contributed by atoms with Gasteiger partial charge < -0.3 is 4.74 Å². The summed E-state index contributed by atoms with van der Waals surface area (Å²) in [7, 11) is 1.87. The van der Waals surface area contributed by atoms with Crippen molar-refractivity contribution in [1.82, 2.24) is 19.3 Å². The lowest BCUT2D eigenvalue weighted by Gasteiger charge is -2.21. The molecule has 0 aliphatic carbocycles. The number of ketones is 1. The van der Waals surface area contributed by atoms with Gasteiger partial charge in [-0.1, -0.05) is 30.3 Å². The van der Waals surface area contributed by atoms with Crippen LogP contribution < -0.4 is 5.32 Å². The second kappa shape index (κ2) is 12.7. The Hall–Kier alpha value is -4.04. The van der Waals surface area contributed by atoms with Gasteiger partial charge in [0.15, 0.2) is 0 Å². The summed E-state index contributed by atoms with van der Waals surface area (Å²) in [4.78, 5) is 30.5. The standard InChI is InChI=1S/C31H35N5O3/c1-35-21-26(20-32-35)24-7-5-8-25(19-24)30(38)34-31-33-27(22-36(31)28-10-3-2-4-11-28)9-6-12-29(37)14-13-23-15-17-39-18-16-23/h2-5,7-8,10-11,19-23H,6,9,12-18H2,1H3,(H,33,34,38). The fraction of sp³-hybridized carbons (Fsp3) is 0.355. The smallest absolute Gasteiger partial charge is 0.258 e. The molecule has 1 amide bonds. The number of rotatable bonds is 11. The summed E-state index contributed by atoms with van der Waals surface area (Å²) in [6, 6.07) is 17.3. The molecule has 0 spiro atoms. The van der Waals surface area contributed by atoms with Crippen LogP contribution in [0.5, 0.6) is 0 Å². The summed E-state index contributed by atoms with van der Waals surface area (Å²) in [5.41, 5.74) is 4.15. The Morgan fingerprint density at radius 2 is 1.82 bits per heavy atom. The van der Waals surface area contributed by atoms with Crippen molar-refractivity contribution in [1.29, 1.82) is 0 Å². The maximum atomic E-state index is 13.3. The normalized spacial score (nSPS) is 13.9. The molecule has 0 bridgehead atoms. The molecule has 5 rings (SSSR count). The van der Waals surface area contributed by atoms with Crippen molar-refractivity contribution in [3.8, 4) is 16.8 Å². The molecule has 0 atom stereocenters. The second-order valence-electron chi connectivity index (χ2n) is 10.2. The van der Waals surface area contributed by atoms with Crippen LogP contribution in [0.4, 0.5) is 5.95 Å². The Kier molecular flexibility index (Phi) is 8.63. The van der Waals surface area contributed by atoms with Crippen molar-refractivity contribution in [2.45, 2.75) is 44.9 Å². The summed E-state index contributed by atoms with van der Waals surface area (Å²) in [5, 5.41) is 7.23. The van der Waals surface area contributed by atoms with Gasteiger partial charge in [0.2, 0.25) is 5.95 Å². The first-order valence-electron chi connectivity index (χ1n) is 13.7. The molecule has 4 aromatic rings. The molecule has 0 saturated carbocycles. The minimum absolute atomic E-state index is 0.238. The number of para-hydroxylation sites is 1. The average Bonchev–Trinajstić information content (AvgIpc) is 3.59. The van der Waals surface area contributed by atoms with E-state index in [1.54, 1.807) is 16.9 Å². The number of ether oxygens (including phenoxy) is 1. The number of nitrogens with zero attached hydrogens (tertiary/aromatic N) is 4. The highest BCUT2D eigenvalue weighted by Gasteiger charge is 2.17. The van der Waals surface area contributed by atoms with E-state index in [9.17, 15) is 9.59 Å². The highest BCUT2D eigenvalue weighted by Crippen LogP contribution is 2.23. The number of aryl methyl sites for hydroxylation is 2. The fourth-order valence-corrected chi connectivity index (χ4v) is 5.00. The Morgan fingerprint density at radius 1 is 1.00 bits per heavy atom. The molecule has 1 fully saturated rings. The topological polar surface area (TPSA) is 91.0 Å². The number of amides is 1. The van der Waals surface area contributed by atoms with Gasteiger partial charge in [-0.3, -0.25) is 24.2 Å². The van der Waals surface area contributed by atoms with Gasteiger partial charge in [-0.2, -0.15) is 5.10 Å². The second-order valence-corrected chi connectivity index (χ2v) is 10.2. The highest BCUT2D eigenvalue weighted by molar-refractivity contribution is 6.04. The van der Waals surface area contributed by atoms with Gasteiger partial charge in [-0.05, 0) is 67.9 Å². The van der Waals surface area contributed by atoms with E-state index in [2.05, 4.69) is 10.4 Å². The third-order valence-corrected chi connectivity index (χ3v) is 7.24. The molecule has 1 aliphatic rings. The van der Waals surface area contributed by atoms with Crippen molar-refractivity contribution in [2.24, 2.45) is 13.0 Å². The lowest BCUT2D eigenvalue weighted by atomic mass is 9.93. The molecule has 0 radical (unpaired) electrons. The van der Waals surface area contributed by atoms with Gasteiger partial charge >= 0.3 is 0 Å². The van der Waals surface area contributed by atoms with Gasteiger partial charge in [-0.25, -0.2) is 4.98 Å². The van der Waals surface area contributed by atoms with Gasteiger partial charge in [-0.15, -0.1) is 0 Å². The van der Waals surface area contributed by atoms with E-state index in [4.69, 9.17) is 9.72 Å². The zero-order valence-corrected chi connectivity index (χ0v) is 22.4. The molecular formula is C31H35N5O3. The van der Waals surface area contributed by atoms with Crippen molar-refractivity contribution >= 4 is 17.6 Å². The summed E-state index contributed by atoms with van der Waals surface area (Å²) >= 11 is 0. The van der Waals surface area contributed by atoms with Gasteiger partial charge in [0.1, 0.15) is 5.78 Å². The van der Waals surface area contributed by atoms with E-state index < -0.39 is 0 Å². The van der Waals surface area contributed by atoms with Crippen LogP contribution >= 0.6 is 0 Å². The molecule has 1 N–H and O–H groups in total. The van der Waals surface area contributed by atoms with Crippen molar-refractivity contribution in [3.05, 3.63) is 84.4 Å². The van der Waals surface area contributed by atoms with Crippen molar-refractivity contribution in [3.63, 3.8) is 0 Å². The lowest BCUT2D eigenvalue weighted by Crippen LogP contribution is -2.16. The number of carbonyl (C=O) groups excluding carboxylic acids is 2. The minimum atomic E-state index is -0.238. The third-order valence-electron chi connectivity index (χ3n) is 7.24. The molecule has 8 nitrogen and oxygen atoms in total. The SMILES string of the molecule is Cn1cc(-c2cccc(C(=O)Nc3nc(CCCC(=O)CCC4CCOCC4)cn3-c3ccccc3)c2)cn1. The largest absolute Gasteiger partial charge is 0.381 e. The molecule has 0 unspecified atom stereocenters. The predicted molar refractivity (Wildman–Crippen MR) is 151 cm³/mol. The summed E-state index contributed by atoms with van der Waals surface area (Å²) in [6.07, 6.45) is 11.3. The van der Waals surface area contributed by atoms with Gasteiger partial charge in [0.05, 0.1) is 11.9 Å². The third kappa shape index (κ3) is 7.09. The number of imidazole rings is 1. The zero-order chi connectivity index (χ0) is 27.0. The van der Waals surface area contributed by atoms with Crippen LogP contribution in [0.3, 0.4) is 0 Å². The number of nitrogens with one attached hydrogen (secondary N) is 1. The van der Waals surface area contributed by atoms with Gasteiger partial charge in [0, 0.05) is 62.3 Å². The number of carbonyl (C=O) groups is 2. The molecule has 3 heterocycles. The van der Waals surface area contributed by atoms with Gasteiger partial charge in [0.25, 0.3) is 5.91 Å². The molecule has 39 heavy (non-hydrogen) atoms. The number of benzene rings is 2. The van der Waals surface area contributed by atoms with E-state index in [1.807, 2.05) is 72.5 Å². The summed E-state index contributed by atoms with van der Waals surface area (Å²) < 4.78 is 9.04. The van der Waals surface area contributed by atoms with Crippen LogP contribution in [-0.4, -0.2) is 44.2 Å². The van der Waals surface area contributed by atoms with Crippen molar-refractivity contribution < 1.29 is 14.3 Å². The predicted octanol–water partition coefficient (Wildman–Crippen LogP) is 5.62. The quantitative estimate of drug-likeness (QED) is 0.274. The Morgan fingerprint density at radius 3 is 2.59 bits per heavy atom. The van der Waals surface area contributed by atoms with Crippen LogP contribution in [-0.2, 0) is 23.0 Å². The van der Waals surface area contributed by atoms with E-state index in [-0.39, 0.29) is 5.91 Å². The first kappa shape index (κ1) is 26.6. The van der Waals surface area contributed by atoms with Crippen molar-refractivity contribution in [2.75, 3.05) is 18.5 Å². The molecule has 202 valence electrons. The van der Waals surface area contributed by atoms with Crippen LogP contribution in [0.1, 0.15) is 54.6 Å². The fourth-order valence-electron chi connectivity index (χ4n) is 5.00. The van der Waals surface area contributed by atoms with E-state index in [1.165, 1.54) is 0 Å². The number of hydrogen-bond acceptors (Lipinski definition) is 5. The molecule has 1 aliphatic heterocycles. The summed E-state index contributed by atoms with van der Waals surface area (Å²) in [5.74, 6) is 1.14. The lowest BCUT2D eigenvalue weighted by molar-refractivity contribution is -0.119. The Bertz CT molecular complexity index is 1400. The maximum Gasteiger partial charge on any atom is 0.258 e. The zero-order valence-electron chi connectivity index (χ0n) is 22.4. The first-order chi connectivity index (χ1) is 19.0. The van der Waals surface area contributed by atoms with Crippen LogP contribution in [0, 0.1) is 5.92 Å². The van der Waals surface area contributed by atoms with E-state index >= 15 is 0 Å². The number of hydrogen-bond donors (Lipinski definition) is 1. The highest BCUT2D eigenvalue weighted by atomic mass is 16.5. The van der Waals surface area contributed by atoms with Crippen LogP contribution in [0.2, 0.25) is 0 Å². The van der Waals surface area contributed by atoms with E-state index in [0.29, 0.717) is 42.5 Å².